The molecule has 3 heterocycles. The van der Waals surface area contributed by atoms with Crippen LogP contribution in [0.25, 0.3) is 11.4 Å². The van der Waals surface area contributed by atoms with Crippen molar-refractivity contribution in [2.45, 2.75) is 37.0 Å². The van der Waals surface area contributed by atoms with E-state index in [9.17, 15) is 12.8 Å². The van der Waals surface area contributed by atoms with E-state index in [1.807, 2.05) is 16.8 Å². The largest absolute Gasteiger partial charge is 0.487 e. The summed E-state index contributed by atoms with van der Waals surface area (Å²) in [7, 11) is -1.17. The van der Waals surface area contributed by atoms with Gasteiger partial charge in [-0.3, -0.25) is 4.98 Å². The number of hydrogen-bond acceptors (Lipinski definition) is 6. The van der Waals surface area contributed by atoms with Crippen LogP contribution in [0.1, 0.15) is 31.1 Å². The molecule has 32 heavy (non-hydrogen) atoms. The normalized spacial score (nSPS) is 16.9. The van der Waals surface area contributed by atoms with Crippen LogP contribution in [0, 0.1) is 5.82 Å². The van der Waals surface area contributed by atoms with Crippen LogP contribution in [0.15, 0.2) is 53.7 Å². The number of nitrogens with zero attached hydrogens (tertiary/aromatic N) is 4. The van der Waals surface area contributed by atoms with Gasteiger partial charge in [0.1, 0.15) is 23.1 Å². The SMILES string of the molecule is CN(C)S(=O)(=O)c1cc(COc2ccc(-c3ccnn3C3CCCCO3)nc2)ccc1F. The summed E-state index contributed by atoms with van der Waals surface area (Å²) >= 11 is 0. The molecule has 0 bridgehead atoms. The smallest absolute Gasteiger partial charge is 0.245 e. The molecule has 0 aliphatic carbocycles. The maximum absolute atomic E-state index is 14.1. The third kappa shape index (κ3) is 4.67. The van der Waals surface area contributed by atoms with Crippen LogP contribution in [0.3, 0.4) is 0 Å². The summed E-state index contributed by atoms with van der Waals surface area (Å²) in [5.74, 6) is -0.290. The fourth-order valence-corrected chi connectivity index (χ4v) is 4.49. The zero-order valence-electron chi connectivity index (χ0n) is 17.9. The van der Waals surface area contributed by atoms with Crippen molar-refractivity contribution in [2.75, 3.05) is 20.7 Å². The van der Waals surface area contributed by atoms with Crippen LogP contribution in [0.4, 0.5) is 4.39 Å². The zero-order valence-corrected chi connectivity index (χ0v) is 18.8. The molecule has 1 atom stereocenters. The first-order valence-corrected chi connectivity index (χ1v) is 11.8. The fourth-order valence-electron chi connectivity index (χ4n) is 3.48. The number of rotatable bonds is 7. The topological polar surface area (TPSA) is 86.6 Å². The molecule has 8 nitrogen and oxygen atoms in total. The highest BCUT2D eigenvalue weighted by Crippen LogP contribution is 2.28. The van der Waals surface area contributed by atoms with Gasteiger partial charge in [0.15, 0.2) is 6.23 Å². The second-order valence-corrected chi connectivity index (χ2v) is 9.82. The predicted octanol–water partition coefficient (Wildman–Crippen LogP) is 3.61. The van der Waals surface area contributed by atoms with Gasteiger partial charge in [-0.25, -0.2) is 21.8 Å². The van der Waals surface area contributed by atoms with Crippen molar-refractivity contribution in [3.8, 4) is 17.1 Å². The number of benzene rings is 1. The third-order valence-corrected chi connectivity index (χ3v) is 7.09. The Labute approximate surface area is 186 Å². The van der Waals surface area contributed by atoms with Crippen molar-refractivity contribution in [3.63, 3.8) is 0 Å². The highest BCUT2D eigenvalue weighted by Gasteiger charge is 2.22. The lowest BCUT2D eigenvalue weighted by molar-refractivity contribution is -0.0384. The molecule has 1 fully saturated rings. The van der Waals surface area contributed by atoms with Crippen LogP contribution in [0.5, 0.6) is 5.75 Å². The molecule has 1 unspecified atom stereocenters. The summed E-state index contributed by atoms with van der Waals surface area (Å²) < 4.78 is 53.0. The molecule has 170 valence electrons. The Kier molecular flexibility index (Phi) is 6.54. The van der Waals surface area contributed by atoms with Crippen LogP contribution in [-0.4, -0.2) is 48.2 Å². The minimum atomic E-state index is -3.89. The third-order valence-electron chi connectivity index (χ3n) is 5.26. The first-order valence-electron chi connectivity index (χ1n) is 10.3. The maximum atomic E-state index is 14.1. The molecule has 0 spiro atoms. The van der Waals surface area contributed by atoms with E-state index in [1.165, 1.54) is 26.2 Å². The molecule has 4 rings (SSSR count). The van der Waals surface area contributed by atoms with Crippen LogP contribution >= 0.6 is 0 Å². The lowest BCUT2D eigenvalue weighted by Gasteiger charge is -2.24. The van der Waals surface area contributed by atoms with Crippen molar-refractivity contribution < 1.29 is 22.3 Å². The van der Waals surface area contributed by atoms with Gasteiger partial charge in [0, 0.05) is 26.9 Å². The van der Waals surface area contributed by atoms with Crippen molar-refractivity contribution in [3.05, 3.63) is 60.2 Å². The van der Waals surface area contributed by atoms with E-state index in [2.05, 4.69) is 10.1 Å². The van der Waals surface area contributed by atoms with Crippen molar-refractivity contribution in [2.24, 2.45) is 0 Å². The summed E-state index contributed by atoms with van der Waals surface area (Å²) in [6, 6.07) is 9.42. The molecule has 1 aromatic carbocycles. The molecule has 0 amide bonds. The first-order chi connectivity index (χ1) is 15.4. The molecule has 1 aliphatic heterocycles. The van der Waals surface area contributed by atoms with Gasteiger partial charge in [0.05, 0.1) is 17.6 Å². The van der Waals surface area contributed by atoms with E-state index in [0.717, 1.165) is 47.6 Å². The Morgan fingerprint density at radius 1 is 1.22 bits per heavy atom. The van der Waals surface area contributed by atoms with Gasteiger partial charge in [-0.2, -0.15) is 5.10 Å². The van der Waals surface area contributed by atoms with E-state index >= 15 is 0 Å². The number of sulfonamides is 1. The van der Waals surface area contributed by atoms with Crippen molar-refractivity contribution >= 4 is 10.0 Å². The summed E-state index contributed by atoms with van der Waals surface area (Å²) in [5.41, 5.74) is 2.13. The number of aromatic nitrogens is 3. The number of ether oxygens (including phenoxy) is 2. The second-order valence-electron chi connectivity index (χ2n) is 7.70. The number of halogens is 1. The minimum Gasteiger partial charge on any atom is -0.487 e. The Bertz CT molecular complexity index is 1170. The van der Waals surface area contributed by atoms with E-state index in [0.29, 0.717) is 11.3 Å². The van der Waals surface area contributed by atoms with E-state index in [-0.39, 0.29) is 17.7 Å². The minimum absolute atomic E-state index is 0.0745. The molecule has 3 aromatic rings. The van der Waals surface area contributed by atoms with E-state index in [4.69, 9.17) is 9.47 Å². The van der Waals surface area contributed by atoms with Crippen LogP contribution in [-0.2, 0) is 21.4 Å². The lowest BCUT2D eigenvalue weighted by atomic mass is 10.2. The Morgan fingerprint density at radius 3 is 2.75 bits per heavy atom. The van der Waals surface area contributed by atoms with Gasteiger partial charge in [0.2, 0.25) is 10.0 Å². The predicted molar refractivity (Wildman–Crippen MR) is 116 cm³/mol. The molecule has 1 aliphatic rings. The zero-order chi connectivity index (χ0) is 22.7. The highest BCUT2D eigenvalue weighted by molar-refractivity contribution is 7.89. The lowest BCUT2D eigenvalue weighted by Crippen LogP contribution is -2.23. The quantitative estimate of drug-likeness (QED) is 0.535. The summed E-state index contributed by atoms with van der Waals surface area (Å²) in [6.45, 7) is 0.802. The van der Waals surface area contributed by atoms with Crippen LogP contribution in [0.2, 0.25) is 0 Å². The monoisotopic (exact) mass is 460 g/mol. The molecular formula is C22H25FN4O4S. The number of hydrogen-bond donors (Lipinski definition) is 0. The summed E-state index contributed by atoms with van der Waals surface area (Å²) in [6.07, 6.45) is 6.32. The molecule has 0 N–H and O–H groups in total. The summed E-state index contributed by atoms with van der Waals surface area (Å²) in [5, 5.41) is 4.40. The molecule has 10 heteroatoms. The van der Waals surface area contributed by atoms with E-state index < -0.39 is 15.8 Å². The van der Waals surface area contributed by atoms with Gasteiger partial charge in [-0.15, -0.1) is 0 Å². The summed E-state index contributed by atoms with van der Waals surface area (Å²) in [4.78, 5) is 4.10. The maximum Gasteiger partial charge on any atom is 0.245 e. The molecule has 0 radical (unpaired) electrons. The van der Waals surface area contributed by atoms with Gasteiger partial charge in [-0.05, 0) is 55.2 Å². The van der Waals surface area contributed by atoms with E-state index in [1.54, 1.807) is 18.5 Å². The molecule has 0 saturated carbocycles. The van der Waals surface area contributed by atoms with Gasteiger partial charge >= 0.3 is 0 Å². The highest BCUT2D eigenvalue weighted by atomic mass is 32.2. The fraction of sp³-hybridized carbons (Fsp3) is 0.364. The Hall–Kier alpha value is -2.82. The van der Waals surface area contributed by atoms with Gasteiger partial charge in [-0.1, -0.05) is 6.07 Å². The number of pyridine rings is 1. The van der Waals surface area contributed by atoms with Gasteiger partial charge in [0.25, 0.3) is 0 Å². The molecule has 1 saturated heterocycles. The Morgan fingerprint density at radius 2 is 2.06 bits per heavy atom. The van der Waals surface area contributed by atoms with Crippen molar-refractivity contribution in [1.29, 1.82) is 0 Å². The average Bonchev–Trinajstić information content (AvgIpc) is 3.29. The van der Waals surface area contributed by atoms with Crippen molar-refractivity contribution in [1.82, 2.24) is 19.1 Å². The molecule has 2 aromatic heterocycles. The standard InChI is InChI=1S/C22H25FN4O4S/c1-26(2)32(28,29)21-13-16(6-8-18(21)23)15-31-17-7-9-19(24-14-17)20-10-11-25-27(20)22-5-3-4-12-30-22/h6-11,13-14,22H,3-5,12,15H2,1-2H3. The van der Waals surface area contributed by atoms with Crippen LogP contribution < -0.4 is 4.74 Å². The Balaban J connectivity index is 1.46. The van der Waals surface area contributed by atoms with Gasteiger partial charge < -0.3 is 9.47 Å². The molecular weight excluding hydrogens is 435 g/mol. The first kappa shape index (κ1) is 22.4. The second kappa shape index (κ2) is 9.35. The average molecular weight is 461 g/mol.